The zero-order chi connectivity index (χ0) is 8.67. The Bertz CT molecular complexity index is 403. The number of hydrogen-bond donors (Lipinski definition) is 0. The fourth-order valence-corrected chi connectivity index (χ4v) is 1.86. The van der Waals surface area contributed by atoms with E-state index in [1.165, 1.54) is 12.8 Å². The van der Waals surface area contributed by atoms with E-state index in [0.717, 1.165) is 11.5 Å². The molecule has 4 heteroatoms. The molecule has 0 unspecified atom stereocenters. The predicted molar refractivity (Wildman–Crippen MR) is 49.6 cm³/mol. The Balaban J connectivity index is 1.97. The molecule has 0 aliphatic heterocycles. The third-order valence-corrected chi connectivity index (χ3v) is 2.82. The van der Waals surface area contributed by atoms with Crippen molar-refractivity contribution in [3.8, 4) is 11.5 Å². The molecule has 2 aromatic heterocycles. The van der Waals surface area contributed by atoms with Gasteiger partial charge < -0.3 is 4.42 Å². The first-order valence-corrected chi connectivity index (χ1v) is 5.24. The summed E-state index contributed by atoms with van der Waals surface area (Å²) in [6, 6.07) is 1.99. The van der Waals surface area contributed by atoms with Gasteiger partial charge in [-0.2, -0.15) is 11.3 Å². The first-order chi connectivity index (χ1) is 6.43. The molecule has 66 valence electrons. The molecule has 2 heterocycles. The Morgan fingerprint density at radius 1 is 1.38 bits per heavy atom. The Kier molecular flexibility index (Phi) is 1.49. The van der Waals surface area contributed by atoms with Crippen LogP contribution in [0.4, 0.5) is 0 Å². The highest BCUT2D eigenvalue weighted by Gasteiger charge is 2.29. The second kappa shape index (κ2) is 2.67. The van der Waals surface area contributed by atoms with Gasteiger partial charge in [-0.15, -0.1) is 10.2 Å². The lowest BCUT2D eigenvalue weighted by atomic mass is 10.3. The molecular formula is C9H8N2OS. The molecule has 0 radical (unpaired) electrons. The van der Waals surface area contributed by atoms with Crippen LogP contribution in [0.5, 0.6) is 0 Å². The average molecular weight is 192 g/mol. The van der Waals surface area contributed by atoms with Gasteiger partial charge in [0.25, 0.3) is 0 Å². The third-order valence-electron chi connectivity index (χ3n) is 2.14. The van der Waals surface area contributed by atoms with E-state index in [-0.39, 0.29) is 0 Å². The third kappa shape index (κ3) is 1.27. The van der Waals surface area contributed by atoms with E-state index in [1.54, 1.807) is 11.3 Å². The van der Waals surface area contributed by atoms with Crippen LogP contribution < -0.4 is 0 Å². The first kappa shape index (κ1) is 7.26. The fourth-order valence-electron chi connectivity index (χ4n) is 1.23. The summed E-state index contributed by atoms with van der Waals surface area (Å²) < 4.78 is 5.54. The number of nitrogens with zero attached hydrogens (tertiary/aromatic N) is 2. The monoisotopic (exact) mass is 192 g/mol. The predicted octanol–water partition coefficient (Wildman–Crippen LogP) is 2.68. The molecule has 0 aromatic carbocycles. The van der Waals surface area contributed by atoms with Crippen molar-refractivity contribution in [1.82, 2.24) is 10.2 Å². The minimum absolute atomic E-state index is 0.542. The van der Waals surface area contributed by atoms with E-state index in [2.05, 4.69) is 10.2 Å². The van der Waals surface area contributed by atoms with Crippen LogP contribution in [0.3, 0.4) is 0 Å². The molecule has 13 heavy (non-hydrogen) atoms. The van der Waals surface area contributed by atoms with E-state index in [0.29, 0.717) is 11.8 Å². The van der Waals surface area contributed by atoms with E-state index in [1.807, 2.05) is 16.8 Å². The molecule has 1 aliphatic rings. The fraction of sp³-hybridized carbons (Fsp3) is 0.333. The molecule has 0 saturated heterocycles. The molecule has 1 aliphatic carbocycles. The van der Waals surface area contributed by atoms with Crippen LogP contribution >= 0.6 is 11.3 Å². The van der Waals surface area contributed by atoms with E-state index >= 15 is 0 Å². The lowest BCUT2D eigenvalue weighted by Crippen LogP contribution is -1.76. The summed E-state index contributed by atoms with van der Waals surface area (Å²) in [5.74, 6) is 2.00. The van der Waals surface area contributed by atoms with Crippen LogP contribution in [-0.4, -0.2) is 10.2 Å². The molecule has 1 fully saturated rings. The van der Waals surface area contributed by atoms with E-state index < -0.39 is 0 Å². The Morgan fingerprint density at radius 3 is 3.00 bits per heavy atom. The number of rotatable bonds is 2. The first-order valence-electron chi connectivity index (χ1n) is 4.29. The van der Waals surface area contributed by atoms with Crippen LogP contribution in [0.25, 0.3) is 11.5 Å². The van der Waals surface area contributed by atoms with Gasteiger partial charge in [0.1, 0.15) is 0 Å². The molecule has 3 nitrogen and oxygen atoms in total. The maximum Gasteiger partial charge on any atom is 0.248 e. The Morgan fingerprint density at radius 2 is 2.31 bits per heavy atom. The summed E-state index contributed by atoms with van der Waals surface area (Å²) in [5.41, 5.74) is 1.03. The van der Waals surface area contributed by atoms with Crippen molar-refractivity contribution in [3.05, 3.63) is 22.7 Å². The van der Waals surface area contributed by atoms with Gasteiger partial charge in [-0.25, -0.2) is 0 Å². The highest BCUT2D eigenvalue weighted by atomic mass is 32.1. The Labute approximate surface area is 79.4 Å². The van der Waals surface area contributed by atoms with Gasteiger partial charge in [0.15, 0.2) is 0 Å². The molecule has 0 spiro atoms. The topological polar surface area (TPSA) is 38.9 Å². The van der Waals surface area contributed by atoms with Crippen molar-refractivity contribution in [2.45, 2.75) is 18.8 Å². The molecule has 0 bridgehead atoms. The molecule has 2 aromatic rings. The maximum absolute atomic E-state index is 5.54. The van der Waals surface area contributed by atoms with Gasteiger partial charge in [-0.3, -0.25) is 0 Å². The van der Waals surface area contributed by atoms with Crippen LogP contribution in [0.1, 0.15) is 24.7 Å². The standard InChI is InChI=1S/C9H8N2OS/c1-2-6(1)8-10-11-9(12-8)7-3-4-13-5-7/h3-6H,1-2H2. The number of aromatic nitrogens is 2. The van der Waals surface area contributed by atoms with Crippen LogP contribution in [0.15, 0.2) is 21.2 Å². The zero-order valence-electron chi connectivity index (χ0n) is 6.93. The lowest BCUT2D eigenvalue weighted by molar-refractivity contribution is 0.508. The zero-order valence-corrected chi connectivity index (χ0v) is 7.75. The summed E-state index contributed by atoms with van der Waals surface area (Å²) in [5, 5.41) is 12.1. The molecule has 0 atom stereocenters. The Hall–Kier alpha value is -1.16. The molecule has 0 N–H and O–H groups in total. The molecule has 1 saturated carbocycles. The van der Waals surface area contributed by atoms with Gasteiger partial charge in [0.05, 0.1) is 0 Å². The second-order valence-corrected chi connectivity index (χ2v) is 4.01. The molecule has 0 amide bonds. The second-order valence-electron chi connectivity index (χ2n) is 3.23. The van der Waals surface area contributed by atoms with Gasteiger partial charge in [0.2, 0.25) is 11.8 Å². The number of hydrogen-bond acceptors (Lipinski definition) is 4. The van der Waals surface area contributed by atoms with Crippen molar-refractivity contribution in [2.75, 3.05) is 0 Å². The van der Waals surface area contributed by atoms with Crippen LogP contribution in [-0.2, 0) is 0 Å². The van der Waals surface area contributed by atoms with Crippen molar-refractivity contribution < 1.29 is 4.42 Å². The minimum Gasteiger partial charge on any atom is -0.420 e. The quantitative estimate of drug-likeness (QED) is 0.734. The molecular weight excluding hydrogens is 184 g/mol. The number of thiophene rings is 1. The van der Waals surface area contributed by atoms with Crippen LogP contribution in [0.2, 0.25) is 0 Å². The van der Waals surface area contributed by atoms with Gasteiger partial charge in [0, 0.05) is 16.9 Å². The van der Waals surface area contributed by atoms with Crippen molar-refractivity contribution in [3.63, 3.8) is 0 Å². The van der Waals surface area contributed by atoms with E-state index in [4.69, 9.17) is 4.42 Å². The smallest absolute Gasteiger partial charge is 0.248 e. The summed E-state index contributed by atoms with van der Waals surface area (Å²) in [4.78, 5) is 0. The van der Waals surface area contributed by atoms with Gasteiger partial charge in [-0.1, -0.05) is 0 Å². The summed E-state index contributed by atoms with van der Waals surface area (Å²) in [6.07, 6.45) is 2.40. The summed E-state index contributed by atoms with van der Waals surface area (Å²) in [7, 11) is 0. The van der Waals surface area contributed by atoms with Gasteiger partial charge in [-0.05, 0) is 24.3 Å². The maximum atomic E-state index is 5.54. The van der Waals surface area contributed by atoms with E-state index in [9.17, 15) is 0 Å². The molecule has 3 rings (SSSR count). The van der Waals surface area contributed by atoms with Gasteiger partial charge >= 0.3 is 0 Å². The highest BCUT2D eigenvalue weighted by Crippen LogP contribution is 2.39. The summed E-state index contributed by atoms with van der Waals surface area (Å²) >= 11 is 1.64. The summed E-state index contributed by atoms with van der Waals surface area (Å²) in [6.45, 7) is 0. The van der Waals surface area contributed by atoms with Crippen molar-refractivity contribution >= 4 is 11.3 Å². The average Bonchev–Trinajstić information content (AvgIpc) is 2.72. The van der Waals surface area contributed by atoms with Crippen LogP contribution in [0, 0.1) is 0 Å². The normalized spacial score (nSPS) is 16.3. The lowest BCUT2D eigenvalue weighted by Gasteiger charge is -1.85. The van der Waals surface area contributed by atoms with Crippen molar-refractivity contribution in [2.24, 2.45) is 0 Å². The SMILES string of the molecule is c1cc(-c2nnc(C3CC3)o2)cs1. The minimum atomic E-state index is 0.542. The van der Waals surface area contributed by atoms with Crippen molar-refractivity contribution in [1.29, 1.82) is 0 Å². The largest absolute Gasteiger partial charge is 0.420 e. The highest BCUT2D eigenvalue weighted by molar-refractivity contribution is 7.08.